The minimum atomic E-state index is -0.0898. The molecule has 0 saturated heterocycles. The van der Waals surface area contributed by atoms with Crippen LogP contribution in [0.15, 0.2) is 81.6 Å². The van der Waals surface area contributed by atoms with Gasteiger partial charge in [-0.15, -0.1) is 11.3 Å². The third kappa shape index (κ3) is 4.82. The summed E-state index contributed by atoms with van der Waals surface area (Å²) in [5.41, 5.74) is 2.01. The quantitative estimate of drug-likeness (QED) is 0.472. The van der Waals surface area contributed by atoms with Crippen LogP contribution in [-0.4, -0.2) is 28.9 Å². The highest BCUT2D eigenvalue weighted by Gasteiger charge is 2.14. The number of nitrogens with one attached hydrogen (secondary N) is 1. The monoisotopic (exact) mass is 419 g/mol. The van der Waals surface area contributed by atoms with Crippen LogP contribution in [0.25, 0.3) is 11.0 Å². The number of carbonyl (C=O) groups excluding carboxylic acids is 1. The zero-order chi connectivity index (χ0) is 20.8. The van der Waals surface area contributed by atoms with E-state index in [4.69, 9.17) is 4.42 Å². The number of amides is 1. The lowest BCUT2D eigenvalue weighted by atomic mass is 10.1. The third-order valence-corrected chi connectivity index (χ3v) is 5.58. The summed E-state index contributed by atoms with van der Waals surface area (Å²) in [6.45, 7) is 1.99. The number of aromatic nitrogens is 1. The number of pyridine rings is 1. The smallest absolute Gasteiger partial charge is 0.261 e. The van der Waals surface area contributed by atoms with Gasteiger partial charge in [-0.05, 0) is 35.7 Å². The first-order valence-corrected chi connectivity index (χ1v) is 10.5. The minimum Gasteiger partial charge on any atom is -0.464 e. The molecule has 0 fully saturated rings. The number of nitrogens with zero attached hydrogens (tertiary/aromatic N) is 2. The Labute approximate surface area is 177 Å². The molecule has 0 bridgehead atoms. The molecule has 1 aromatic carbocycles. The highest BCUT2D eigenvalue weighted by Crippen LogP contribution is 2.13. The molecule has 0 spiro atoms. The maximum Gasteiger partial charge on any atom is 0.261 e. The maximum atomic E-state index is 12.9. The van der Waals surface area contributed by atoms with Crippen molar-refractivity contribution < 1.29 is 9.21 Å². The van der Waals surface area contributed by atoms with Gasteiger partial charge in [-0.1, -0.05) is 24.3 Å². The lowest BCUT2D eigenvalue weighted by Crippen LogP contribution is -2.35. The lowest BCUT2D eigenvalue weighted by molar-refractivity contribution is 0.0951. The molecule has 0 aliphatic carbocycles. The van der Waals surface area contributed by atoms with E-state index >= 15 is 0 Å². The molecular weight excluding hydrogens is 398 g/mol. The van der Waals surface area contributed by atoms with Gasteiger partial charge in [0.05, 0.1) is 22.2 Å². The fourth-order valence-electron chi connectivity index (χ4n) is 3.23. The zero-order valence-corrected chi connectivity index (χ0v) is 17.1. The maximum absolute atomic E-state index is 12.9. The number of carbonyl (C=O) groups is 1. The number of hydrogen-bond donors (Lipinski definition) is 1. The van der Waals surface area contributed by atoms with Crippen LogP contribution in [0.5, 0.6) is 0 Å². The van der Waals surface area contributed by atoms with Crippen molar-refractivity contribution in [2.75, 3.05) is 13.1 Å². The molecule has 0 aliphatic rings. The molecule has 4 aromatic rings. The molecule has 0 aliphatic heterocycles. The van der Waals surface area contributed by atoms with Crippen LogP contribution in [-0.2, 0) is 13.1 Å². The van der Waals surface area contributed by atoms with Gasteiger partial charge in [0.1, 0.15) is 5.58 Å². The summed E-state index contributed by atoms with van der Waals surface area (Å²) in [6.07, 6.45) is 3.27. The van der Waals surface area contributed by atoms with Gasteiger partial charge in [0, 0.05) is 37.9 Å². The van der Waals surface area contributed by atoms with Gasteiger partial charge >= 0.3 is 0 Å². The van der Waals surface area contributed by atoms with E-state index in [0.29, 0.717) is 47.6 Å². The molecule has 0 atom stereocenters. The van der Waals surface area contributed by atoms with E-state index in [-0.39, 0.29) is 11.3 Å². The standard InChI is InChI=1S/C23H21N3O3S/c27-22-17(16-29-20-8-2-1-7-19(20)22)14-26(15-18-6-3-4-10-24-18)12-11-25-23(28)21-9-5-13-30-21/h1-10,13,16H,11-12,14-15H2,(H,25,28). The molecule has 0 unspecified atom stereocenters. The number of hydrogen-bond acceptors (Lipinski definition) is 6. The molecule has 1 amide bonds. The summed E-state index contributed by atoms with van der Waals surface area (Å²) < 4.78 is 5.66. The summed E-state index contributed by atoms with van der Waals surface area (Å²) in [6, 6.07) is 16.6. The summed E-state index contributed by atoms with van der Waals surface area (Å²) in [4.78, 5) is 32.2. The second-order valence-electron chi connectivity index (χ2n) is 6.85. The molecule has 1 N–H and O–H groups in total. The molecule has 6 nitrogen and oxygen atoms in total. The van der Waals surface area contributed by atoms with E-state index in [1.807, 2.05) is 41.8 Å². The van der Waals surface area contributed by atoms with Crippen molar-refractivity contribution in [3.05, 3.63) is 98.8 Å². The highest BCUT2D eigenvalue weighted by atomic mass is 32.1. The number of para-hydroxylation sites is 1. The van der Waals surface area contributed by atoms with Crippen LogP contribution in [0.2, 0.25) is 0 Å². The Morgan fingerprint density at radius 2 is 1.93 bits per heavy atom. The molecule has 30 heavy (non-hydrogen) atoms. The number of rotatable bonds is 8. The summed E-state index contributed by atoms with van der Waals surface area (Å²) in [5, 5.41) is 5.38. The van der Waals surface area contributed by atoms with Gasteiger partial charge in [-0.3, -0.25) is 19.5 Å². The third-order valence-electron chi connectivity index (χ3n) is 4.72. The topological polar surface area (TPSA) is 75.4 Å². The first-order valence-electron chi connectivity index (χ1n) is 9.64. The van der Waals surface area contributed by atoms with Gasteiger partial charge < -0.3 is 9.73 Å². The Kier molecular flexibility index (Phi) is 6.32. The Hall–Kier alpha value is -3.29. The van der Waals surface area contributed by atoms with Crippen LogP contribution >= 0.6 is 11.3 Å². The van der Waals surface area contributed by atoms with Crippen molar-refractivity contribution >= 4 is 28.2 Å². The van der Waals surface area contributed by atoms with Gasteiger partial charge in [-0.25, -0.2) is 0 Å². The molecule has 0 radical (unpaired) electrons. The Morgan fingerprint density at radius 3 is 2.73 bits per heavy atom. The molecule has 4 rings (SSSR count). The zero-order valence-electron chi connectivity index (χ0n) is 16.3. The number of fused-ring (bicyclic) bond motifs is 1. The summed E-state index contributed by atoms with van der Waals surface area (Å²) in [7, 11) is 0. The van der Waals surface area contributed by atoms with Crippen molar-refractivity contribution in [1.82, 2.24) is 15.2 Å². The average molecular weight is 420 g/mol. The van der Waals surface area contributed by atoms with Crippen LogP contribution < -0.4 is 10.7 Å². The van der Waals surface area contributed by atoms with E-state index in [1.165, 1.54) is 17.6 Å². The van der Waals surface area contributed by atoms with E-state index in [1.54, 1.807) is 24.4 Å². The van der Waals surface area contributed by atoms with Crippen LogP contribution in [0.4, 0.5) is 0 Å². The molecular formula is C23H21N3O3S. The van der Waals surface area contributed by atoms with Crippen LogP contribution in [0.3, 0.4) is 0 Å². The van der Waals surface area contributed by atoms with Crippen molar-refractivity contribution in [2.24, 2.45) is 0 Å². The van der Waals surface area contributed by atoms with Crippen molar-refractivity contribution in [1.29, 1.82) is 0 Å². The normalized spacial score (nSPS) is 11.1. The molecule has 3 aromatic heterocycles. The lowest BCUT2D eigenvalue weighted by Gasteiger charge is -2.22. The first kappa shape index (κ1) is 20.0. The number of thiophene rings is 1. The SMILES string of the molecule is O=C(NCCN(Cc1ccccn1)Cc1coc2ccccc2c1=O)c1cccs1. The molecule has 152 valence electrons. The predicted octanol–water partition coefficient (Wildman–Crippen LogP) is 3.68. The molecule has 3 heterocycles. The molecule has 0 saturated carbocycles. The van der Waals surface area contributed by atoms with Gasteiger partial charge in [0.2, 0.25) is 0 Å². The van der Waals surface area contributed by atoms with E-state index in [0.717, 1.165) is 5.69 Å². The fraction of sp³-hybridized carbons (Fsp3) is 0.174. The molecule has 7 heteroatoms. The largest absolute Gasteiger partial charge is 0.464 e. The minimum absolute atomic E-state index is 0.0366. The van der Waals surface area contributed by atoms with Crippen LogP contribution in [0, 0.1) is 0 Å². The second kappa shape index (κ2) is 9.47. The van der Waals surface area contributed by atoms with Gasteiger partial charge in [0.15, 0.2) is 5.43 Å². The predicted molar refractivity (Wildman–Crippen MR) is 117 cm³/mol. The van der Waals surface area contributed by atoms with E-state index in [9.17, 15) is 9.59 Å². The second-order valence-corrected chi connectivity index (χ2v) is 7.80. The number of benzene rings is 1. The summed E-state index contributed by atoms with van der Waals surface area (Å²) in [5.74, 6) is -0.0898. The fourth-order valence-corrected chi connectivity index (χ4v) is 3.87. The van der Waals surface area contributed by atoms with Gasteiger partial charge in [-0.2, -0.15) is 0 Å². The average Bonchev–Trinajstić information content (AvgIpc) is 3.31. The Bertz CT molecular complexity index is 1170. The van der Waals surface area contributed by atoms with Crippen LogP contribution in [0.1, 0.15) is 20.9 Å². The van der Waals surface area contributed by atoms with Gasteiger partial charge in [0.25, 0.3) is 5.91 Å². The van der Waals surface area contributed by atoms with E-state index in [2.05, 4.69) is 15.2 Å². The van der Waals surface area contributed by atoms with Crippen molar-refractivity contribution in [3.63, 3.8) is 0 Å². The highest BCUT2D eigenvalue weighted by molar-refractivity contribution is 7.12. The van der Waals surface area contributed by atoms with Crippen molar-refractivity contribution in [2.45, 2.75) is 13.1 Å². The Morgan fingerprint density at radius 1 is 1.07 bits per heavy atom. The first-order chi connectivity index (χ1) is 14.7. The Balaban J connectivity index is 1.49. The summed E-state index contributed by atoms with van der Waals surface area (Å²) >= 11 is 1.41. The van der Waals surface area contributed by atoms with Crippen molar-refractivity contribution in [3.8, 4) is 0 Å². The van der Waals surface area contributed by atoms with E-state index < -0.39 is 0 Å².